The minimum Gasteiger partial charge on any atom is -0.444 e. The van der Waals surface area contributed by atoms with Crippen LogP contribution in [0.25, 0.3) is 0 Å². The van der Waals surface area contributed by atoms with Gasteiger partial charge in [0.2, 0.25) is 11.8 Å². The third kappa shape index (κ3) is 7.47. The molecule has 0 aliphatic heterocycles. The summed E-state index contributed by atoms with van der Waals surface area (Å²) in [5, 5.41) is 5.72. The lowest BCUT2D eigenvalue weighted by molar-refractivity contribution is -0.143. The van der Waals surface area contributed by atoms with E-state index in [-0.39, 0.29) is 23.8 Å². The van der Waals surface area contributed by atoms with E-state index in [1.54, 1.807) is 32.6 Å². The van der Waals surface area contributed by atoms with Crippen LogP contribution >= 0.6 is 0 Å². The molecular weight excluding hydrogens is 430 g/mol. The lowest BCUT2D eigenvalue weighted by Gasteiger charge is -2.35. The van der Waals surface area contributed by atoms with Crippen molar-refractivity contribution in [1.29, 1.82) is 0 Å². The molecule has 4 unspecified atom stereocenters. The van der Waals surface area contributed by atoms with E-state index in [9.17, 15) is 14.4 Å². The van der Waals surface area contributed by atoms with Crippen molar-refractivity contribution >= 4 is 17.9 Å². The number of benzene rings is 1. The molecule has 0 heterocycles. The van der Waals surface area contributed by atoms with Crippen LogP contribution in [0.1, 0.15) is 90.0 Å². The van der Waals surface area contributed by atoms with E-state index >= 15 is 0 Å². The molecule has 0 saturated heterocycles. The Bertz CT molecular complexity index is 877. The smallest absolute Gasteiger partial charge is 0.408 e. The fourth-order valence-electron chi connectivity index (χ4n) is 4.11. The van der Waals surface area contributed by atoms with Crippen LogP contribution < -0.4 is 10.6 Å². The summed E-state index contributed by atoms with van der Waals surface area (Å²) in [6.07, 6.45) is 3.17. The van der Waals surface area contributed by atoms with Crippen molar-refractivity contribution in [2.24, 2.45) is 5.92 Å². The maximum absolute atomic E-state index is 13.7. The third-order valence-corrected chi connectivity index (χ3v) is 6.33. The maximum Gasteiger partial charge on any atom is 0.408 e. The van der Waals surface area contributed by atoms with Crippen LogP contribution in [0.3, 0.4) is 0 Å². The number of unbranched alkanes of at least 4 members (excludes halogenated alkanes) is 2. The highest BCUT2D eigenvalue weighted by Crippen LogP contribution is 2.41. The van der Waals surface area contributed by atoms with Crippen LogP contribution in [0, 0.1) is 19.8 Å². The van der Waals surface area contributed by atoms with Crippen molar-refractivity contribution < 1.29 is 19.1 Å². The Labute approximate surface area is 205 Å². The van der Waals surface area contributed by atoms with Gasteiger partial charge in [0.1, 0.15) is 17.7 Å². The number of ether oxygens (including phenoxy) is 1. The molecule has 190 valence electrons. The summed E-state index contributed by atoms with van der Waals surface area (Å²) in [4.78, 5) is 41.3. The highest BCUT2D eigenvalue weighted by Gasteiger charge is 2.47. The van der Waals surface area contributed by atoms with E-state index in [1.165, 1.54) is 0 Å². The summed E-state index contributed by atoms with van der Waals surface area (Å²) in [5.41, 5.74) is 2.22. The number of nitrogens with zero attached hydrogens (tertiary/aromatic N) is 1. The molecule has 2 N–H and O–H groups in total. The van der Waals surface area contributed by atoms with E-state index < -0.39 is 23.8 Å². The van der Waals surface area contributed by atoms with E-state index in [4.69, 9.17) is 4.74 Å². The molecule has 7 nitrogen and oxygen atoms in total. The van der Waals surface area contributed by atoms with Crippen molar-refractivity contribution in [2.75, 3.05) is 6.54 Å². The summed E-state index contributed by atoms with van der Waals surface area (Å²) in [7, 11) is 0. The van der Waals surface area contributed by atoms with Gasteiger partial charge in [-0.25, -0.2) is 4.79 Å². The average Bonchev–Trinajstić information content (AvgIpc) is 3.45. The Morgan fingerprint density at radius 3 is 2.38 bits per heavy atom. The molecule has 1 saturated carbocycles. The number of rotatable bonds is 10. The molecule has 1 aliphatic carbocycles. The monoisotopic (exact) mass is 473 g/mol. The first-order chi connectivity index (χ1) is 15.9. The summed E-state index contributed by atoms with van der Waals surface area (Å²) in [6.45, 7) is 15.7. The Hall–Kier alpha value is -2.57. The molecular formula is C27H43N3O4. The second-order valence-corrected chi connectivity index (χ2v) is 10.6. The predicted molar refractivity (Wildman–Crippen MR) is 134 cm³/mol. The van der Waals surface area contributed by atoms with Gasteiger partial charge in [-0.3, -0.25) is 9.59 Å². The highest BCUT2D eigenvalue weighted by atomic mass is 16.6. The van der Waals surface area contributed by atoms with Crippen molar-refractivity contribution in [2.45, 2.75) is 105 Å². The summed E-state index contributed by atoms with van der Waals surface area (Å²) in [6, 6.07) is 4.22. The van der Waals surface area contributed by atoms with Crippen LogP contribution in [0.4, 0.5) is 4.79 Å². The molecule has 0 bridgehead atoms. The van der Waals surface area contributed by atoms with Gasteiger partial charge in [0.15, 0.2) is 0 Å². The summed E-state index contributed by atoms with van der Waals surface area (Å²) < 4.78 is 5.34. The number of hydrogen-bond acceptors (Lipinski definition) is 4. The molecule has 1 aromatic carbocycles. The first-order valence-corrected chi connectivity index (χ1v) is 12.5. The quantitative estimate of drug-likeness (QED) is 0.478. The van der Waals surface area contributed by atoms with Crippen LogP contribution in [0.2, 0.25) is 0 Å². The molecule has 0 aromatic heterocycles. The molecule has 34 heavy (non-hydrogen) atoms. The van der Waals surface area contributed by atoms with Crippen LogP contribution in [0.15, 0.2) is 18.2 Å². The van der Waals surface area contributed by atoms with Crippen LogP contribution in [-0.4, -0.2) is 47.0 Å². The number of amides is 3. The molecule has 1 aliphatic rings. The average molecular weight is 474 g/mol. The van der Waals surface area contributed by atoms with E-state index in [2.05, 4.69) is 24.5 Å². The SMILES string of the molecule is CCCCCNC(=O)C(c1cccc(C)c1C)N(C(=O)C(C)NC(=O)OC(C)(C)C)C1CC1C. The highest BCUT2D eigenvalue weighted by molar-refractivity contribution is 5.92. The van der Waals surface area contributed by atoms with Gasteiger partial charge >= 0.3 is 6.09 Å². The topological polar surface area (TPSA) is 87.7 Å². The lowest BCUT2D eigenvalue weighted by Crippen LogP contribution is -2.53. The zero-order chi connectivity index (χ0) is 25.6. The standard InChI is InChI=1S/C27H43N3O4/c1-9-10-11-15-28-24(31)23(21-14-12-13-17(2)19(21)4)30(22-16-18(22)3)25(32)20(5)29-26(33)34-27(6,7)8/h12-14,18,20,22-23H,9-11,15-16H2,1-8H3,(H,28,31)(H,29,33). The minimum absolute atomic E-state index is 0.0540. The van der Waals surface area contributed by atoms with Gasteiger partial charge in [-0.1, -0.05) is 44.9 Å². The second kappa shape index (κ2) is 11.7. The van der Waals surface area contributed by atoms with Gasteiger partial charge in [0.05, 0.1) is 0 Å². The Morgan fingerprint density at radius 1 is 1.18 bits per heavy atom. The zero-order valence-electron chi connectivity index (χ0n) is 22.2. The van der Waals surface area contributed by atoms with Gasteiger partial charge in [-0.2, -0.15) is 0 Å². The molecule has 7 heteroatoms. The normalized spacial score (nSPS) is 19.1. The number of aryl methyl sites for hydroxylation is 1. The summed E-state index contributed by atoms with van der Waals surface area (Å²) >= 11 is 0. The predicted octanol–water partition coefficient (Wildman–Crippen LogP) is 4.80. The van der Waals surface area contributed by atoms with Crippen LogP contribution in [0.5, 0.6) is 0 Å². The van der Waals surface area contributed by atoms with Crippen molar-refractivity contribution in [1.82, 2.24) is 15.5 Å². The first kappa shape index (κ1) is 27.7. The Balaban J connectivity index is 2.37. The maximum atomic E-state index is 13.7. The first-order valence-electron chi connectivity index (χ1n) is 12.5. The molecule has 1 fully saturated rings. The number of carbonyl (C=O) groups is 3. The fraction of sp³-hybridized carbons (Fsp3) is 0.667. The van der Waals surface area contributed by atoms with Gasteiger partial charge in [-0.05, 0) is 77.0 Å². The van der Waals surface area contributed by atoms with Crippen molar-refractivity contribution in [3.8, 4) is 0 Å². The molecule has 0 spiro atoms. The van der Waals surface area contributed by atoms with E-state index in [0.29, 0.717) is 6.54 Å². The molecule has 3 amide bonds. The van der Waals surface area contributed by atoms with Crippen LogP contribution in [-0.2, 0) is 14.3 Å². The molecule has 4 atom stereocenters. The fourth-order valence-corrected chi connectivity index (χ4v) is 4.11. The summed E-state index contributed by atoms with van der Waals surface area (Å²) in [5.74, 6) is -0.172. The number of hydrogen-bond donors (Lipinski definition) is 2. The second-order valence-electron chi connectivity index (χ2n) is 10.6. The third-order valence-electron chi connectivity index (χ3n) is 6.33. The van der Waals surface area contributed by atoms with Gasteiger partial charge in [0, 0.05) is 12.6 Å². The van der Waals surface area contributed by atoms with E-state index in [1.807, 2.05) is 32.0 Å². The zero-order valence-corrected chi connectivity index (χ0v) is 22.2. The molecule has 1 aromatic rings. The largest absolute Gasteiger partial charge is 0.444 e. The molecule has 0 radical (unpaired) electrons. The number of alkyl carbamates (subject to hydrolysis) is 1. The molecule has 2 rings (SSSR count). The number of carbonyl (C=O) groups excluding carboxylic acids is 3. The van der Waals surface area contributed by atoms with Crippen molar-refractivity contribution in [3.63, 3.8) is 0 Å². The minimum atomic E-state index is -0.830. The van der Waals surface area contributed by atoms with Gasteiger partial charge < -0.3 is 20.3 Å². The number of nitrogens with one attached hydrogen (secondary N) is 2. The van der Waals surface area contributed by atoms with Gasteiger partial charge in [0.25, 0.3) is 0 Å². The van der Waals surface area contributed by atoms with Crippen molar-refractivity contribution in [3.05, 3.63) is 34.9 Å². The van der Waals surface area contributed by atoms with E-state index in [0.717, 1.165) is 42.4 Å². The lowest BCUT2D eigenvalue weighted by atomic mass is 9.95. The van der Waals surface area contributed by atoms with Gasteiger partial charge in [-0.15, -0.1) is 0 Å². The Kier molecular flexibility index (Phi) is 9.54. The Morgan fingerprint density at radius 2 is 1.82 bits per heavy atom.